The lowest BCUT2D eigenvalue weighted by atomic mass is 10.2. The van der Waals surface area contributed by atoms with E-state index in [-0.39, 0.29) is 18.2 Å². The zero-order chi connectivity index (χ0) is 22.9. The molecule has 0 radical (unpaired) electrons. The van der Waals surface area contributed by atoms with E-state index in [0.29, 0.717) is 19.0 Å². The molecule has 0 bridgehead atoms. The highest BCUT2D eigenvalue weighted by molar-refractivity contribution is 5.69. The Bertz CT molecular complexity index is 1100. The first-order chi connectivity index (χ1) is 15.2. The molecule has 0 aliphatic carbocycles. The molecule has 32 heavy (non-hydrogen) atoms. The third-order valence-electron chi connectivity index (χ3n) is 4.93. The number of ether oxygens (including phenoxy) is 2. The highest BCUT2D eigenvalue weighted by atomic mass is 16.6. The minimum Gasteiger partial charge on any atom is -0.474 e. The normalized spacial score (nSPS) is 16.6. The summed E-state index contributed by atoms with van der Waals surface area (Å²) in [7, 11) is 0. The predicted octanol–water partition coefficient (Wildman–Crippen LogP) is 4.00. The van der Waals surface area contributed by atoms with Crippen LogP contribution in [-0.2, 0) is 4.74 Å². The number of amides is 1. The van der Waals surface area contributed by atoms with Crippen LogP contribution in [0.25, 0.3) is 17.0 Å². The molecule has 0 aromatic carbocycles. The highest BCUT2D eigenvalue weighted by Gasteiger charge is 2.30. The molecule has 1 unspecified atom stereocenters. The number of carbonyl (C=O) groups excluding carboxylic acids is 1. The van der Waals surface area contributed by atoms with E-state index in [1.165, 1.54) is 0 Å². The van der Waals surface area contributed by atoms with Crippen LogP contribution in [0.1, 0.15) is 41.0 Å². The molecule has 0 saturated carbocycles. The van der Waals surface area contributed by atoms with Gasteiger partial charge < -0.3 is 19.7 Å². The quantitative estimate of drug-likeness (QED) is 0.643. The number of hydrogen-bond donors (Lipinski definition) is 1. The number of rotatable bonds is 5. The summed E-state index contributed by atoms with van der Waals surface area (Å²) >= 11 is 0. The standard InChI is InChI=1S/C23H30N6O3/c1-15(2)31-21-14-29-18(11-24-20(29)12-25-21)17-7-6-8-19(27-17)26-16-9-10-28(13-16)22(30)32-23(3,4)5/h6-8,11-12,14-16H,9-10,13H2,1-5H3,(H,26,27). The number of fused-ring (bicyclic) bond motifs is 1. The van der Waals surface area contributed by atoms with Crippen molar-refractivity contribution in [2.24, 2.45) is 0 Å². The molecule has 1 saturated heterocycles. The molecule has 4 rings (SSSR count). The molecule has 3 aromatic rings. The van der Waals surface area contributed by atoms with Gasteiger partial charge in [0.15, 0.2) is 5.65 Å². The summed E-state index contributed by atoms with van der Waals surface area (Å²) in [5.74, 6) is 1.29. The van der Waals surface area contributed by atoms with Gasteiger partial charge in [-0.2, -0.15) is 0 Å². The lowest BCUT2D eigenvalue weighted by Crippen LogP contribution is -2.36. The van der Waals surface area contributed by atoms with Gasteiger partial charge in [0, 0.05) is 19.1 Å². The van der Waals surface area contributed by atoms with Crippen molar-refractivity contribution in [1.82, 2.24) is 24.3 Å². The first-order valence-corrected chi connectivity index (χ1v) is 10.9. The number of hydrogen-bond acceptors (Lipinski definition) is 7. The van der Waals surface area contributed by atoms with Gasteiger partial charge in [-0.1, -0.05) is 6.07 Å². The zero-order valence-electron chi connectivity index (χ0n) is 19.2. The number of carbonyl (C=O) groups is 1. The molecule has 0 spiro atoms. The van der Waals surface area contributed by atoms with E-state index in [2.05, 4.69) is 15.3 Å². The van der Waals surface area contributed by atoms with E-state index >= 15 is 0 Å². The van der Waals surface area contributed by atoms with Crippen LogP contribution < -0.4 is 10.1 Å². The van der Waals surface area contributed by atoms with E-state index in [9.17, 15) is 4.79 Å². The fraction of sp³-hybridized carbons (Fsp3) is 0.478. The summed E-state index contributed by atoms with van der Waals surface area (Å²) in [4.78, 5) is 27.6. The maximum Gasteiger partial charge on any atom is 0.410 e. The first kappa shape index (κ1) is 21.9. The van der Waals surface area contributed by atoms with Crippen molar-refractivity contribution in [3.05, 3.63) is 36.8 Å². The van der Waals surface area contributed by atoms with Crippen molar-refractivity contribution < 1.29 is 14.3 Å². The summed E-state index contributed by atoms with van der Waals surface area (Å²) < 4.78 is 13.1. The monoisotopic (exact) mass is 438 g/mol. The molecule has 4 heterocycles. The van der Waals surface area contributed by atoms with Crippen LogP contribution in [0.15, 0.2) is 36.8 Å². The van der Waals surface area contributed by atoms with Crippen LogP contribution >= 0.6 is 0 Å². The second kappa shape index (κ2) is 8.64. The van der Waals surface area contributed by atoms with Gasteiger partial charge in [-0.15, -0.1) is 0 Å². The number of pyridine rings is 1. The Morgan fingerprint density at radius 3 is 2.78 bits per heavy atom. The molecular formula is C23H30N6O3. The molecule has 9 nitrogen and oxygen atoms in total. The highest BCUT2D eigenvalue weighted by Crippen LogP contribution is 2.23. The topological polar surface area (TPSA) is 93.9 Å². The van der Waals surface area contributed by atoms with Crippen LogP contribution in [0.3, 0.4) is 0 Å². The Morgan fingerprint density at radius 2 is 2.03 bits per heavy atom. The minimum absolute atomic E-state index is 0.0317. The Morgan fingerprint density at radius 1 is 1.22 bits per heavy atom. The maximum absolute atomic E-state index is 12.3. The van der Waals surface area contributed by atoms with E-state index in [1.807, 2.05) is 63.4 Å². The third kappa shape index (κ3) is 5.09. The van der Waals surface area contributed by atoms with Crippen molar-refractivity contribution in [3.8, 4) is 17.3 Å². The van der Waals surface area contributed by atoms with E-state index in [1.54, 1.807) is 17.3 Å². The van der Waals surface area contributed by atoms with Gasteiger partial charge in [0.1, 0.15) is 11.4 Å². The van der Waals surface area contributed by atoms with E-state index in [0.717, 1.165) is 29.3 Å². The lowest BCUT2D eigenvalue weighted by Gasteiger charge is -2.24. The van der Waals surface area contributed by atoms with Gasteiger partial charge >= 0.3 is 6.09 Å². The smallest absolute Gasteiger partial charge is 0.410 e. The molecular weight excluding hydrogens is 408 g/mol. The Hall–Kier alpha value is -3.36. The third-order valence-corrected chi connectivity index (χ3v) is 4.93. The minimum atomic E-state index is -0.498. The van der Waals surface area contributed by atoms with E-state index < -0.39 is 5.60 Å². The van der Waals surface area contributed by atoms with E-state index in [4.69, 9.17) is 14.5 Å². The SMILES string of the molecule is CC(C)Oc1cn2c(-c3cccc(NC4CCN(C(=O)OC(C)(C)C)C4)n3)cnc2cn1. The molecule has 170 valence electrons. The fourth-order valence-electron chi connectivity index (χ4n) is 3.60. The number of imidazole rings is 1. The van der Waals surface area contributed by atoms with Crippen molar-refractivity contribution in [2.75, 3.05) is 18.4 Å². The van der Waals surface area contributed by atoms with Gasteiger partial charge in [0.25, 0.3) is 0 Å². The Balaban J connectivity index is 1.48. The van der Waals surface area contributed by atoms with Crippen LogP contribution in [0.2, 0.25) is 0 Å². The first-order valence-electron chi connectivity index (χ1n) is 10.9. The molecule has 1 atom stereocenters. The molecule has 1 fully saturated rings. The molecule has 1 aliphatic rings. The van der Waals surface area contributed by atoms with Crippen LogP contribution in [0, 0.1) is 0 Å². The Labute approximate surface area is 187 Å². The number of nitrogens with one attached hydrogen (secondary N) is 1. The molecule has 1 amide bonds. The number of aromatic nitrogens is 4. The van der Waals surface area contributed by atoms with Crippen molar-refractivity contribution >= 4 is 17.6 Å². The number of nitrogens with zero attached hydrogens (tertiary/aromatic N) is 5. The molecule has 1 aliphatic heterocycles. The maximum atomic E-state index is 12.3. The van der Waals surface area contributed by atoms with Gasteiger partial charge in [-0.25, -0.2) is 19.7 Å². The summed E-state index contributed by atoms with van der Waals surface area (Å²) in [6.45, 7) is 10.8. The van der Waals surface area contributed by atoms with Crippen LogP contribution in [-0.4, -0.2) is 61.2 Å². The fourth-order valence-corrected chi connectivity index (χ4v) is 3.60. The van der Waals surface area contributed by atoms with Crippen molar-refractivity contribution in [2.45, 2.75) is 58.8 Å². The van der Waals surface area contributed by atoms with Gasteiger partial charge in [0.2, 0.25) is 5.88 Å². The zero-order valence-corrected chi connectivity index (χ0v) is 19.2. The predicted molar refractivity (Wildman–Crippen MR) is 122 cm³/mol. The van der Waals surface area contributed by atoms with Crippen molar-refractivity contribution in [1.29, 1.82) is 0 Å². The number of likely N-dealkylation sites (tertiary alicyclic amines) is 1. The molecule has 1 N–H and O–H groups in total. The second-order valence-electron chi connectivity index (χ2n) is 9.23. The number of anilines is 1. The van der Waals surface area contributed by atoms with Crippen molar-refractivity contribution in [3.63, 3.8) is 0 Å². The van der Waals surface area contributed by atoms with Gasteiger partial charge in [-0.3, -0.25) is 4.40 Å². The summed E-state index contributed by atoms with van der Waals surface area (Å²) in [5.41, 5.74) is 1.86. The average molecular weight is 439 g/mol. The van der Waals surface area contributed by atoms with Crippen LogP contribution in [0.4, 0.5) is 10.6 Å². The molecule has 9 heteroatoms. The lowest BCUT2D eigenvalue weighted by molar-refractivity contribution is 0.0293. The van der Waals surface area contributed by atoms with Gasteiger partial charge in [-0.05, 0) is 53.2 Å². The van der Waals surface area contributed by atoms with Gasteiger partial charge in [0.05, 0.1) is 36.1 Å². The summed E-state index contributed by atoms with van der Waals surface area (Å²) in [6.07, 6.45) is 5.89. The average Bonchev–Trinajstić information content (AvgIpc) is 3.33. The largest absolute Gasteiger partial charge is 0.474 e. The summed E-state index contributed by atoms with van der Waals surface area (Å²) in [6, 6.07) is 5.94. The second-order valence-corrected chi connectivity index (χ2v) is 9.23. The summed E-state index contributed by atoms with van der Waals surface area (Å²) in [5, 5.41) is 3.45. The Kier molecular flexibility index (Phi) is 5.90. The molecule has 3 aromatic heterocycles. The van der Waals surface area contributed by atoms with Crippen LogP contribution in [0.5, 0.6) is 5.88 Å².